The van der Waals surface area contributed by atoms with E-state index in [1.54, 1.807) is 13.3 Å². The summed E-state index contributed by atoms with van der Waals surface area (Å²) in [7, 11) is 1.65. The zero-order chi connectivity index (χ0) is 14.2. The molecule has 0 radical (unpaired) electrons. The predicted octanol–water partition coefficient (Wildman–Crippen LogP) is 2.82. The van der Waals surface area contributed by atoms with E-state index in [9.17, 15) is 0 Å². The smallest absolute Gasteiger partial charge is 0.142 e. The van der Waals surface area contributed by atoms with Gasteiger partial charge in [-0.05, 0) is 30.8 Å². The summed E-state index contributed by atoms with van der Waals surface area (Å²) >= 11 is 0. The molecule has 20 heavy (non-hydrogen) atoms. The van der Waals surface area contributed by atoms with Gasteiger partial charge in [0.15, 0.2) is 0 Å². The number of hydrogen-bond donors (Lipinski definition) is 1. The van der Waals surface area contributed by atoms with Gasteiger partial charge in [0.05, 0.1) is 13.2 Å². The van der Waals surface area contributed by atoms with Gasteiger partial charge in [-0.1, -0.05) is 25.1 Å². The molecule has 0 amide bonds. The van der Waals surface area contributed by atoms with Crippen molar-refractivity contribution in [2.24, 2.45) is 0 Å². The van der Waals surface area contributed by atoms with Crippen LogP contribution in [0.4, 0.5) is 0 Å². The van der Waals surface area contributed by atoms with Crippen molar-refractivity contribution >= 4 is 0 Å². The van der Waals surface area contributed by atoms with Gasteiger partial charge in [-0.2, -0.15) is 0 Å². The molecule has 106 valence electrons. The van der Waals surface area contributed by atoms with E-state index >= 15 is 0 Å². The van der Waals surface area contributed by atoms with Crippen molar-refractivity contribution in [3.8, 4) is 11.5 Å². The molecule has 0 aliphatic heterocycles. The summed E-state index contributed by atoms with van der Waals surface area (Å²) in [5.74, 6) is 1.63. The van der Waals surface area contributed by atoms with E-state index in [0.717, 1.165) is 23.7 Å². The van der Waals surface area contributed by atoms with Crippen LogP contribution < -0.4 is 14.8 Å². The van der Waals surface area contributed by atoms with Crippen LogP contribution in [0.3, 0.4) is 0 Å². The SMILES string of the molecule is CCNC(COc1ccccc1)c1ncccc1OC. The Morgan fingerprint density at radius 3 is 2.65 bits per heavy atom. The van der Waals surface area contributed by atoms with Crippen molar-refractivity contribution in [3.63, 3.8) is 0 Å². The van der Waals surface area contributed by atoms with E-state index in [4.69, 9.17) is 9.47 Å². The Morgan fingerprint density at radius 2 is 1.95 bits per heavy atom. The van der Waals surface area contributed by atoms with Crippen LogP contribution in [0.15, 0.2) is 48.7 Å². The van der Waals surface area contributed by atoms with Crippen LogP contribution in [0.5, 0.6) is 11.5 Å². The van der Waals surface area contributed by atoms with Gasteiger partial charge < -0.3 is 14.8 Å². The highest BCUT2D eigenvalue weighted by Gasteiger charge is 2.17. The maximum atomic E-state index is 5.82. The van der Waals surface area contributed by atoms with Crippen LogP contribution in [0, 0.1) is 0 Å². The third-order valence-electron chi connectivity index (χ3n) is 2.96. The Labute approximate surface area is 119 Å². The van der Waals surface area contributed by atoms with Crippen LogP contribution in [-0.4, -0.2) is 25.2 Å². The molecule has 1 aromatic carbocycles. The van der Waals surface area contributed by atoms with Crippen molar-refractivity contribution in [1.82, 2.24) is 10.3 Å². The van der Waals surface area contributed by atoms with Crippen LogP contribution >= 0.6 is 0 Å². The number of para-hydroxylation sites is 1. The first-order chi connectivity index (χ1) is 9.85. The number of benzene rings is 1. The van der Waals surface area contributed by atoms with Gasteiger partial charge in [-0.3, -0.25) is 4.98 Å². The highest BCUT2D eigenvalue weighted by atomic mass is 16.5. The molecule has 2 aromatic rings. The third kappa shape index (κ3) is 3.71. The van der Waals surface area contributed by atoms with Crippen LogP contribution in [0.2, 0.25) is 0 Å². The molecule has 0 aliphatic rings. The largest absolute Gasteiger partial charge is 0.495 e. The highest BCUT2D eigenvalue weighted by Crippen LogP contribution is 2.23. The third-order valence-corrected chi connectivity index (χ3v) is 2.96. The number of ether oxygens (including phenoxy) is 2. The molecule has 0 spiro atoms. The summed E-state index contributed by atoms with van der Waals surface area (Å²) in [6.45, 7) is 3.40. The average molecular weight is 272 g/mol. The second kappa shape index (κ2) is 7.50. The Kier molecular flexibility index (Phi) is 5.38. The molecule has 4 heteroatoms. The Hall–Kier alpha value is -2.07. The summed E-state index contributed by atoms with van der Waals surface area (Å²) in [5.41, 5.74) is 0.868. The fourth-order valence-corrected chi connectivity index (χ4v) is 2.01. The highest BCUT2D eigenvalue weighted by molar-refractivity contribution is 5.30. The summed E-state index contributed by atoms with van der Waals surface area (Å²) in [6, 6.07) is 13.5. The summed E-state index contributed by atoms with van der Waals surface area (Å²) in [6.07, 6.45) is 1.77. The molecule has 1 unspecified atom stereocenters. The number of rotatable bonds is 7. The Bertz CT molecular complexity index is 517. The molecule has 1 atom stereocenters. The lowest BCUT2D eigenvalue weighted by atomic mass is 10.2. The van der Waals surface area contributed by atoms with Gasteiger partial charge >= 0.3 is 0 Å². The van der Waals surface area contributed by atoms with Gasteiger partial charge in [-0.15, -0.1) is 0 Å². The standard InChI is InChI=1S/C16H20N2O2/c1-3-17-14(12-20-13-8-5-4-6-9-13)16-15(19-2)10-7-11-18-16/h4-11,14,17H,3,12H2,1-2H3. The molecule has 0 aliphatic carbocycles. The van der Waals surface area contributed by atoms with E-state index < -0.39 is 0 Å². The monoisotopic (exact) mass is 272 g/mol. The Morgan fingerprint density at radius 1 is 1.15 bits per heavy atom. The van der Waals surface area contributed by atoms with Gasteiger partial charge in [0, 0.05) is 6.20 Å². The van der Waals surface area contributed by atoms with E-state index in [2.05, 4.69) is 17.2 Å². The number of aromatic nitrogens is 1. The zero-order valence-electron chi connectivity index (χ0n) is 11.9. The molecule has 1 heterocycles. The molecule has 0 bridgehead atoms. The van der Waals surface area contributed by atoms with Crippen molar-refractivity contribution in [3.05, 3.63) is 54.4 Å². The van der Waals surface area contributed by atoms with E-state index in [1.165, 1.54) is 0 Å². The topological polar surface area (TPSA) is 43.4 Å². The van der Waals surface area contributed by atoms with Crippen molar-refractivity contribution in [2.75, 3.05) is 20.3 Å². The lowest BCUT2D eigenvalue weighted by Crippen LogP contribution is -2.27. The molecular weight excluding hydrogens is 252 g/mol. The minimum atomic E-state index is -0.00337. The molecule has 0 fully saturated rings. The van der Waals surface area contributed by atoms with Crippen molar-refractivity contribution in [2.45, 2.75) is 13.0 Å². The first-order valence-corrected chi connectivity index (χ1v) is 6.75. The number of methoxy groups -OCH3 is 1. The quantitative estimate of drug-likeness (QED) is 0.841. The van der Waals surface area contributed by atoms with Crippen LogP contribution in [0.1, 0.15) is 18.7 Å². The number of nitrogens with one attached hydrogen (secondary N) is 1. The lowest BCUT2D eigenvalue weighted by molar-refractivity contribution is 0.261. The Balaban J connectivity index is 2.10. The summed E-state index contributed by atoms with van der Waals surface area (Å²) in [4.78, 5) is 4.41. The maximum absolute atomic E-state index is 5.82. The van der Waals surface area contributed by atoms with Crippen LogP contribution in [0.25, 0.3) is 0 Å². The average Bonchev–Trinajstić information content (AvgIpc) is 2.52. The molecule has 2 rings (SSSR count). The van der Waals surface area contributed by atoms with E-state index in [-0.39, 0.29) is 6.04 Å². The lowest BCUT2D eigenvalue weighted by Gasteiger charge is -2.20. The maximum Gasteiger partial charge on any atom is 0.142 e. The number of hydrogen-bond acceptors (Lipinski definition) is 4. The number of nitrogens with zero attached hydrogens (tertiary/aromatic N) is 1. The minimum absolute atomic E-state index is 0.00337. The molecule has 1 aromatic heterocycles. The summed E-state index contributed by atoms with van der Waals surface area (Å²) < 4.78 is 11.2. The first kappa shape index (κ1) is 14.3. The normalized spacial score (nSPS) is 11.9. The predicted molar refractivity (Wildman–Crippen MR) is 79.1 cm³/mol. The fourth-order valence-electron chi connectivity index (χ4n) is 2.01. The second-order valence-corrected chi connectivity index (χ2v) is 4.33. The van der Waals surface area contributed by atoms with Gasteiger partial charge in [0.2, 0.25) is 0 Å². The zero-order valence-corrected chi connectivity index (χ0v) is 11.9. The van der Waals surface area contributed by atoms with E-state index in [0.29, 0.717) is 6.61 Å². The minimum Gasteiger partial charge on any atom is -0.495 e. The van der Waals surface area contributed by atoms with Crippen molar-refractivity contribution in [1.29, 1.82) is 0 Å². The first-order valence-electron chi connectivity index (χ1n) is 6.75. The van der Waals surface area contributed by atoms with Crippen LogP contribution in [-0.2, 0) is 0 Å². The second-order valence-electron chi connectivity index (χ2n) is 4.33. The summed E-state index contributed by atoms with van der Waals surface area (Å²) in [5, 5.41) is 3.38. The van der Waals surface area contributed by atoms with Crippen molar-refractivity contribution < 1.29 is 9.47 Å². The van der Waals surface area contributed by atoms with E-state index in [1.807, 2.05) is 42.5 Å². The number of pyridine rings is 1. The van der Waals surface area contributed by atoms with Gasteiger partial charge in [0.25, 0.3) is 0 Å². The van der Waals surface area contributed by atoms with Gasteiger partial charge in [-0.25, -0.2) is 0 Å². The molecule has 0 saturated heterocycles. The van der Waals surface area contributed by atoms with Gasteiger partial charge in [0.1, 0.15) is 23.8 Å². The molecule has 1 N–H and O–H groups in total. The number of likely N-dealkylation sites (N-methyl/N-ethyl adjacent to an activating group) is 1. The molecule has 4 nitrogen and oxygen atoms in total. The fraction of sp³-hybridized carbons (Fsp3) is 0.312. The molecular formula is C16H20N2O2. The molecule has 0 saturated carbocycles.